The van der Waals surface area contributed by atoms with Gasteiger partial charge in [-0.2, -0.15) is 0 Å². The zero-order valence-corrected chi connectivity index (χ0v) is 6.81. The number of benzene rings is 1. The summed E-state index contributed by atoms with van der Waals surface area (Å²) in [6.45, 7) is 4.10. The topological polar surface area (TPSA) is 12.0 Å². The molecule has 0 saturated carbocycles. The Balaban J connectivity index is 3.01. The summed E-state index contributed by atoms with van der Waals surface area (Å²) >= 11 is 0. The van der Waals surface area contributed by atoms with Crippen LogP contribution in [0.15, 0.2) is 18.2 Å². The Morgan fingerprint density at radius 1 is 1.36 bits per heavy atom. The van der Waals surface area contributed by atoms with Gasteiger partial charge in [0.1, 0.15) is 0 Å². The molecule has 1 heteroatoms. The van der Waals surface area contributed by atoms with Crippen LogP contribution in [0.4, 0.5) is 5.69 Å². The second kappa shape index (κ2) is 3.12. The molecular formula is C10H11N. The van der Waals surface area contributed by atoms with E-state index in [1.807, 2.05) is 19.1 Å². The fraction of sp³-hybridized carbons (Fsp3) is 0.200. The average molecular weight is 145 g/mol. The molecule has 0 spiro atoms. The van der Waals surface area contributed by atoms with Gasteiger partial charge in [0.2, 0.25) is 0 Å². The van der Waals surface area contributed by atoms with Crippen LogP contribution in [0.25, 0.3) is 0 Å². The van der Waals surface area contributed by atoms with Crippen molar-refractivity contribution in [1.82, 2.24) is 0 Å². The number of anilines is 1. The number of rotatable bonds is 1. The molecular weight excluding hydrogens is 134 g/mol. The number of hydrogen-bond donors (Lipinski definition) is 1. The minimum absolute atomic E-state index is 1.01. The van der Waals surface area contributed by atoms with E-state index < -0.39 is 0 Å². The molecule has 1 N–H and O–H groups in total. The van der Waals surface area contributed by atoms with Crippen LogP contribution in [0.3, 0.4) is 0 Å². The highest BCUT2D eigenvalue weighted by Gasteiger charge is 1.93. The highest BCUT2D eigenvalue weighted by atomic mass is 14.8. The minimum atomic E-state index is 1.01. The molecule has 0 aliphatic rings. The maximum atomic E-state index is 5.11. The van der Waals surface area contributed by atoms with Gasteiger partial charge in [-0.05, 0) is 25.5 Å². The van der Waals surface area contributed by atoms with Crippen molar-refractivity contribution in [3.63, 3.8) is 0 Å². The normalized spacial score (nSPS) is 8.82. The van der Waals surface area contributed by atoms with Crippen LogP contribution in [0.2, 0.25) is 0 Å². The summed E-state index contributed by atoms with van der Waals surface area (Å²) in [5, 5.41) is 2.83. The predicted molar refractivity (Wildman–Crippen MR) is 48.4 cm³/mol. The predicted octanol–water partition coefficient (Wildman–Crippen LogP) is 2.31. The number of hydrogen-bond acceptors (Lipinski definition) is 1. The number of terminal acetylenes is 1. The molecule has 0 unspecified atom stereocenters. The minimum Gasteiger partial charge on any atom is -0.315 e. The zero-order chi connectivity index (χ0) is 8.27. The molecule has 1 aromatic rings. The number of nitrogens with one attached hydrogen (secondary N) is 1. The molecule has 56 valence electrons. The standard InChI is InChI=1S/C10H11N/c1-4-11-10-6-5-8(2)7-9(10)3/h1,5-7,11H,2-3H3. The summed E-state index contributed by atoms with van der Waals surface area (Å²) in [5.41, 5.74) is 3.45. The summed E-state index contributed by atoms with van der Waals surface area (Å²) in [7, 11) is 0. The first-order valence-electron chi connectivity index (χ1n) is 3.53. The monoisotopic (exact) mass is 145 g/mol. The van der Waals surface area contributed by atoms with E-state index >= 15 is 0 Å². The van der Waals surface area contributed by atoms with E-state index in [2.05, 4.69) is 24.4 Å². The van der Waals surface area contributed by atoms with E-state index in [1.165, 1.54) is 11.1 Å². The first kappa shape index (κ1) is 7.68. The Labute approximate surface area is 67.4 Å². The van der Waals surface area contributed by atoms with Crippen molar-refractivity contribution < 1.29 is 0 Å². The second-order valence-corrected chi connectivity index (χ2v) is 2.59. The van der Waals surface area contributed by atoms with Gasteiger partial charge in [-0.1, -0.05) is 24.1 Å². The Morgan fingerprint density at radius 2 is 2.09 bits per heavy atom. The fourth-order valence-electron chi connectivity index (χ4n) is 1.03. The third-order valence-corrected chi connectivity index (χ3v) is 1.59. The van der Waals surface area contributed by atoms with Gasteiger partial charge in [-0.15, -0.1) is 0 Å². The van der Waals surface area contributed by atoms with Crippen molar-refractivity contribution in [3.05, 3.63) is 29.3 Å². The van der Waals surface area contributed by atoms with Gasteiger partial charge in [-0.3, -0.25) is 0 Å². The van der Waals surface area contributed by atoms with Gasteiger partial charge >= 0.3 is 0 Å². The van der Waals surface area contributed by atoms with Crippen molar-refractivity contribution in [2.45, 2.75) is 13.8 Å². The molecule has 0 bridgehead atoms. The van der Waals surface area contributed by atoms with E-state index in [9.17, 15) is 0 Å². The van der Waals surface area contributed by atoms with Gasteiger partial charge in [0.15, 0.2) is 0 Å². The molecule has 0 heterocycles. The fourth-order valence-corrected chi connectivity index (χ4v) is 1.03. The Morgan fingerprint density at radius 3 is 2.64 bits per heavy atom. The maximum absolute atomic E-state index is 5.11. The van der Waals surface area contributed by atoms with Crippen LogP contribution in [-0.2, 0) is 0 Å². The Bertz CT molecular complexity index is 294. The van der Waals surface area contributed by atoms with Crippen LogP contribution in [0.5, 0.6) is 0 Å². The van der Waals surface area contributed by atoms with Gasteiger partial charge in [0.25, 0.3) is 0 Å². The van der Waals surface area contributed by atoms with E-state index in [0.29, 0.717) is 0 Å². The van der Waals surface area contributed by atoms with Gasteiger partial charge in [0, 0.05) is 11.7 Å². The van der Waals surface area contributed by atoms with Crippen LogP contribution < -0.4 is 5.32 Å². The molecule has 0 fully saturated rings. The van der Waals surface area contributed by atoms with Gasteiger partial charge in [-0.25, -0.2) is 0 Å². The lowest BCUT2D eigenvalue weighted by Crippen LogP contribution is -1.90. The SMILES string of the molecule is C#CNc1ccc(C)cc1C. The van der Waals surface area contributed by atoms with Crippen LogP contribution >= 0.6 is 0 Å². The maximum Gasteiger partial charge on any atom is 0.0488 e. The number of aryl methyl sites for hydroxylation is 2. The molecule has 0 aromatic heterocycles. The molecule has 11 heavy (non-hydrogen) atoms. The average Bonchev–Trinajstić information content (AvgIpc) is 1.95. The summed E-state index contributed by atoms with van der Waals surface area (Å²) in [4.78, 5) is 0. The van der Waals surface area contributed by atoms with E-state index in [0.717, 1.165) is 5.69 Å². The Hall–Kier alpha value is -1.42. The first-order valence-corrected chi connectivity index (χ1v) is 3.53. The molecule has 0 aliphatic heterocycles. The molecule has 0 atom stereocenters. The summed E-state index contributed by atoms with van der Waals surface area (Å²) in [6, 6.07) is 8.52. The van der Waals surface area contributed by atoms with E-state index in [-0.39, 0.29) is 0 Å². The third-order valence-electron chi connectivity index (χ3n) is 1.59. The van der Waals surface area contributed by atoms with Gasteiger partial charge < -0.3 is 5.32 Å². The van der Waals surface area contributed by atoms with Crippen molar-refractivity contribution in [2.24, 2.45) is 0 Å². The molecule has 0 aliphatic carbocycles. The lowest BCUT2D eigenvalue weighted by molar-refractivity contribution is 1.38. The largest absolute Gasteiger partial charge is 0.315 e. The van der Waals surface area contributed by atoms with Crippen LogP contribution in [0, 0.1) is 26.3 Å². The first-order chi connectivity index (χ1) is 5.24. The quantitative estimate of drug-likeness (QED) is 0.472. The van der Waals surface area contributed by atoms with Crippen molar-refractivity contribution >= 4 is 5.69 Å². The summed E-state index contributed by atoms with van der Waals surface area (Å²) < 4.78 is 0. The molecule has 1 aromatic carbocycles. The molecule has 1 nitrogen and oxygen atoms in total. The zero-order valence-electron chi connectivity index (χ0n) is 6.81. The smallest absolute Gasteiger partial charge is 0.0488 e. The summed E-state index contributed by atoms with van der Waals surface area (Å²) in [5.74, 6) is 0. The lowest BCUT2D eigenvalue weighted by atomic mass is 10.1. The van der Waals surface area contributed by atoms with Crippen LogP contribution in [-0.4, -0.2) is 0 Å². The molecule has 0 radical (unpaired) electrons. The Kier molecular flexibility index (Phi) is 2.18. The highest BCUT2D eigenvalue weighted by molar-refractivity contribution is 5.54. The molecule has 1 rings (SSSR count). The van der Waals surface area contributed by atoms with Crippen molar-refractivity contribution in [3.8, 4) is 12.5 Å². The van der Waals surface area contributed by atoms with Crippen molar-refractivity contribution in [2.75, 3.05) is 5.32 Å². The van der Waals surface area contributed by atoms with E-state index in [4.69, 9.17) is 6.42 Å². The summed E-state index contributed by atoms with van der Waals surface area (Å²) in [6.07, 6.45) is 5.11. The highest BCUT2D eigenvalue weighted by Crippen LogP contribution is 2.14. The second-order valence-electron chi connectivity index (χ2n) is 2.59. The lowest BCUT2D eigenvalue weighted by Gasteiger charge is -2.03. The van der Waals surface area contributed by atoms with Crippen LogP contribution in [0.1, 0.15) is 11.1 Å². The molecule has 0 saturated heterocycles. The van der Waals surface area contributed by atoms with E-state index in [1.54, 1.807) is 0 Å². The molecule has 0 amide bonds. The third kappa shape index (κ3) is 1.75. The van der Waals surface area contributed by atoms with Gasteiger partial charge in [0.05, 0.1) is 0 Å². The van der Waals surface area contributed by atoms with Crippen molar-refractivity contribution in [1.29, 1.82) is 0 Å².